The Morgan fingerprint density at radius 3 is 2.04 bits per heavy atom. The minimum absolute atomic E-state index is 0.00371. The molecule has 6 heteroatoms. The van der Waals surface area contributed by atoms with Crippen molar-refractivity contribution in [2.45, 2.75) is 20.3 Å². The number of hydrogen-bond donors (Lipinski definition) is 3. The summed E-state index contributed by atoms with van der Waals surface area (Å²) in [6.45, 7) is 8.18. The normalized spacial score (nSPS) is 10.2. The number of carbonyl (C=O) groups excluding carboxylic acids is 2. The molecule has 0 unspecified atom stereocenters. The minimum Gasteiger partial charge on any atom is -0.490 e. The van der Waals surface area contributed by atoms with Gasteiger partial charge in [-0.1, -0.05) is 26.5 Å². The second-order valence-corrected chi connectivity index (χ2v) is 6.75. The molecular formula is C22H27N3O3. The largest absolute Gasteiger partial charge is 0.490 e. The third-order valence-electron chi connectivity index (χ3n) is 3.72. The van der Waals surface area contributed by atoms with Gasteiger partial charge in [0.15, 0.2) is 0 Å². The number of hydrogen-bond acceptors (Lipinski definition) is 4. The van der Waals surface area contributed by atoms with Gasteiger partial charge in [-0.15, -0.1) is 0 Å². The van der Waals surface area contributed by atoms with E-state index in [0.29, 0.717) is 24.6 Å². The lowest BCUT2D eigenvalue weighted by Crippen LogP contribution is -2.21. The van der Waals surface area contributed by atoms with E-state index >= 15 is 0 Å². The average molecular weight is 381 g/mol. The van der Waals surface area contributed by atoms with Crippen molar-refractivity contribution in [2.75, 3.05) is 29.1 Å². The zero-order valence-corrected chi connectivity index (χ0v) is 16.3. The second kappa shape index (κ2) is 10.8. The van der Waals surface area contributed by atoms with Gasteiger partial charge in [0, 0.05) is 23.5 Å². The Morgan fingerprint density at radius 1 is 0.929 bits per heavy atom. The Bertz CT molecular complexity index is 784. The molecule has 0 fully saturated rings. The number of rotatable bonds is 10. The molecule has 2 rings (SSSR count). The van der Waals surface area contributed by atoms with Gasteiger partial charge in [-0.2, -0.15) is 0 Å². The topological polar surface area (TPSA) is 79.5 Å². The smallest absolute Gasteiger partial charge is 0.243 e. The monoisotopic (exact) mass is 381 g/mol. The molecule has 28 heavy (non-hydrogen) atoms. The van der Waals surface area contributed by atoms with Crippen molar-refractivity contribution < 1.29 is 14.3 Å². The van der Waals surface area contributed by atoms with Gasteiger partial charge in [-0.3, -0.25) is 9.59 Å². The van der Waals surface area contributed by atoms with Crippen LogP contribution in [-0.4, -0.2) is 25.0 Å². The summed E-state index contributed by atoms with van der Waals surface area (Å²) in [6, 6.07) is 14.4. The van der Waals surface area contributed by atoms with Crippen LogP contribution in [0.25, 0.3) is 0 Å². The summed E-state index contributed by atoms with van der Waals surface area (Å²) in [7, 11) is 0. The van der Waals surface area contributed by atoms with Crippen molar-refractivity contribution in [3.05, 3.63) is 61.2 Å². The van der Waals surface area contributed by atoms with Crippen LogP contribution in [0.3, 0.4) is 0 Å². The van der Waals surface area contributed by atoms with E-state index in [1.807, 2.05) is 26.0 Å². The third-order valence-corrected chi connectivity index (χ3v) is 3.72. The molecule has 2 aromatic rings. The number of nitrogens with one attached hydrogen (secondary N) is 3. The number of anilines is 3. The van der Waals surface area contributed by atoms with Crippen LogP contribution in [0.2, 0.25) is 0 Å². The zero-order chi connectivity index (χ0) is 20.4. The Morgan fingerprint density at radius 2 is 1.46 bits per heavy atom. The van der Waals surface area contributed by atoms with Gasteiger partial charge < -0.3 is 20.7 Å². The number of carbonyl (C=O) groups is 2. The lowest BCUT2D eigenvalue weighted by atomic mass is 10.1. The molecule has 0 spiro atoms. The van der Waals surface area contributed by atoms with Gasteiger partial charge >= 0.3 is 0 Å². The zero-order valence-electron chi connectivity index (χ0n) is 16.3. The molecule has 3 N–H and O–H groups in total. The SMILES string of the molecule is C=CCOc1ccc(NC(=O)CNc2ccc(NC(=O)CC(C)C)cc2)cc1. The second-order valence-electron chi connectivity index (χ2n) is 6.75. The van der Waals surface area contributed by atoms with Crippen LogP contribution >= 0.6 is 0 Å². The summed E-state index contributed by atoms with van der Waals surface area (Å²) < 4.78 is 5.40. The summed E-state index contributed by atoms with van der Waals surface area (Å²) in [5.74, 6) is 0.872. The third kappa shape index (κ3) is 7.53. The fourth-order valence-electron chi connectivity index (χ4n) is 2.43. The predicted molar refractivity (Wildman–Crippen MR) is 114 cm³/mol. The Balaban J connectivity index is 1.77. The highest BCUT2D eigenvalue weighted by Gasteiger charge is 2.06. The molecule has 0 saturated carbocycles. The first-order chi connectivity index (χ1) is 13.5. The molecule has 0 aliphatic carbocycles. The van der Waals surface area contributed by atoms with Crippen molar-refractivity contribution in [2.24, 2.45) is 5.92 Å². The number of benzene rings is 2. The van der Waals surface area contributed by atoms with E-state index in [1.54, 1.807) is 42.5 Å². The fourth-order valence-corrected chi connectivity index (χ4v) is 2.43. The van der Waals surface area contributed by atoms with Crippen molar-refractivity contribution in [3.8, 4) is 5.75 Å². The quantitative estimate of drug-likeness (QED) is 0.537. The van der Waals surface area contributed by atoms with Gasteiger partial charge in [-0.05, 0) is 54.4 Å². The number of amides is 2. The summed E-state index contributed by atoms with van der Waals surface area (Å²) in [5, 5.41) is 8.73. The maximum absolute atomic E-state index is 12.1. The van der Waals surface area contributed by atoms with E-state index in [-0.39, 0.29) is 18.4 Å². The number of ether oxygens (including phenoxy) is 1. The van der Waals surface area contributed by atoms with Gasteiger partial charge in [0.05, 0.1) is 6.54 Å². The molecule has 2 amide bonds. The van der Waals surface area contributed by atoms with Crippen molar-refractivity contribution in [1.29, 1.82) is 0 Å². The lowest BCUT2D eigenvalue weighted by molar-refractivity contribution is -0.117. The first-order valence-corrected chi connectivity index (χ1v) is 9.23. The molecular weight excluding hydrogens is 354 g/mol. The molecule has 0 aromatic heterocycles. The summed E-state index contributed by atoms with van der Waals surface area (Å²) in [5.41, 5.74) is 2.23. The highest BCUT2D eigenvalue weighted by Crippen LogP contribution is 2.16. The van der Waals surface area contributed by atoms with Gasteiger partial charge in [-0.25, -0.2) is 0 Å². The van der Waals surface area contributed by atoms with Crippen LogP contribution < -0.4 is 20.7 Å². The van der Waals surface area contributed by atoms with E-state index < -0.39 is 0 Å². The Labute approximate surface area is 166 Å². The highest BCUT2D eigenvalue weighted by molar-refractivity contribution is 5.94. The summed E-state index contributed by atoms with van der Waals surface area (Å²) >= 11 is 0. The highest BCUT2D eigenvalue weighted by atomic mass is 16.5. The van der Waals surface area contributed by atoms with E-state index in [2.05, 4.69) is 22.5 Å². The molecule has 0 bridgehead atoms. The molecule has 2 aromatic carbocycles. The molecule has 0 radical (unpaired) electrons. The van der Waals surface area contributed by atoms with Gasteiger partial charge in [0.1, 0.15) is 12.4 Å². The van der Waals surface area contributed by atoms with E-state index in [4.69, 9.17) is 4.74 Å². The first kappa shape index (κ1) is 21.0. The van der Waals surface area contributed by atoms with Crippen LogP contribution in [-0.2, 0) is 9.59 Å². The molecule has 0 aliphatic rings. The first-order valence-electron chi connectivity index (χ1n) is 9.23. The van der Waals surface area contributed by atoms with Crippen molar-refractivity contribution in [3.63, 3.8) is 0 Å². The molecule has 148 valence electrons. The van der Waals surface area contributed by atoms with Crippen LogP contribution in [0, 0.1) is 5.92 Å². The molecule has 0 aliphatic heterocycles. The summed E-state index contributed by atoms with van der Waals surface area (Å²) in [6.07, 6.45) is 2.16. The predicted octanol–water partition coefficient (Wildman–Crippen LogP) is 4.29. The standard InChI is InChI=1S/C22H27N3O3/c1-4-13-28-20-11-9-19(10-12-20)25-22(27)15-23-17-5-7-18(8-6-17)24-21(26)14-16(2)3/h4-12,16,23H,1,13-15H2,2-3H3,(H,24,26)(H,25,27). The van der Waals surface area contributed by atoms with Crippen molar-refractivity contribution >= 4 is 28.9 Å². The lowest BCUT2D eigenvalue weighted by Gasteiger charge is -2.10. The van der Waals surface area contributed by atoms with Crippen LogP contribution in [0.1, 0.15) is 20.3 Å². The molecule has 0 heterocycles. The van der Waals surface area contributed by atoms with Crippen molar-refractivity contribution in [1.82, 2.24) is 0 Å². The average Bonchev–Trinajstić information content (AvgIpc) is 2.66. The maximum Gasteiger partial charge on any atom is 0.243 e. The maximum atomic E-state index is 12.1. The summed E-state index contributed by atoms with van der Waals surface area (Å²) in [4.78, 5) is 23.9. The Kier molecular flexibility index (Phi) is 8.09. The van der Waals surface area contributed by atoms with Gasteiger partial charge in [0.25, 0.3) is 0 Å². The van der Waals surface area contributed by atoms with Crippen LogP contribution in [0.4, 0.5) is 17.1 Å². The Hall–Kier alpha value is -3.28. The molecule has 6 nitrogen and oxygen atoms in total. The molecule has 0 atom stereocenters. The van der Waals surface area contributed by atoms with Crippen LogP contribution in [0.5, 0.6) is 5.75 Å². The molecule has 0 saturated heterocycles. The fraction of sp³-hybridized carbons (Fsp3) is 0.273. The minimum atomic E-state index is -0.158. The van der Waals surface area contributed by atoms with E-state index in [1.165, 1.54) is 0 Å². The van der Waals surface area contributed by atoms with Crippen LogP contribution in [0.15, 0.2) is 61.2 Å². The van der Waals surface area contributed by atoms with E-state index in [0.717, 1.165) is 17.1 Å². The van der Waals surface area contributed by atoms with E-state index in [9.17, 15) is 9.59 Å². The van der Waals surface area contributed by atoms with Gasteiger partial charge in [0.2, 0.25) is 11.8 Å².